The number of nitrogens with zero attached hydrogens (tertiary/aromatic N) is 2. The maximum Gasteiger partial charge on any atom is 0.258 e. The lowest BCUT2D eigenvalue weighted by Crippen LogP contribution is -2.29. The zero-order valence-electron chi connectivity index (χ0n) is 13.4. The average molecular weight is 379 g/mol. The van der Waals surface area contributed by atoms with Gasteiger partial charge >= 0.3 is 0 Å². The van der Waals surface area contributed by atoms with Crippen molar-refractivity contribution in [3.05, 3.63) is 58.6 Å². The molecule has 1 aromatic heterocycles. The van der Waals surface area contributed by atoms with Crippen molar-refractivity contribution in [2.45, 2.75) is 18.9 Å². The van der Waals surface area contributed by atoms with Crippen LogP contribution in [0.25, 0.3) is 0 Å². The number of hydrogen-bond acceptors (Lipinski definition) is 5. The molecule has 1 aromatic carbocycles. The van der Waals surface area contributed by atoms with E-state index in [2.05, 4.69) is 15.3 Å². The van der Waals surface area contributed by atoms with Gasteiger partial charge in [-0.3, -0.25) is 14.8 Å². The molecule has 1 atom stereocenters. The molecule has 1 unspecified atom stereocenters. The summed E-state index contributed by atoms with van der Waals surface area (Å²) in [5.74, 6) is -0.236. The molecule has 130 valence electrons. The maximum atomic E-state index is 14.2. The third-order valence-corrected chi connectivity index (χ3v) is 5.17. The van der Waals surface area contributed by atoms with E-state index in [1.54, 1.807) is 12.1 Å². The Morgan fingerprint density at radius 1 is 1.44 bits per heavy atom. The summed E-state index contributed by atoms with van der Waals surface area (Å²) >= 11 is 7.48. The fourth-order valence-corrected chi connectivity index (χ4v) is 3.75. The van der Waals surface area contributed by atoms with E-state index in [1.807, 2.05) is 6.92 Å². The highest BCUT2D eigenvalue weighted by Gasteiger charge is 2.30. The quantitative estimate of drug-likeness (QED) is 0.851. The van der Waals surface area contributed by atoms with Gasteiger partial charge in [0.05, 0.1) is 21.8 Å². The molecule has 8 heteroatoms. The largest absolute Gasteiger partial charge is 0.379 e. The summed E-state index contributed by atoms with van der Waals surface area (Å²) in [6, 6.07) is 6.06. The van der Waals surface area contributed by atoms with Crippen molar-refractivity contribution in [3.8, 4) is 0 Å². The molecule has 1 aliphatic heterocycles. The van der Waals surface area contributed by atoms with Crippen molar-refractivity contribution < 1.29 is 9.18 Å². The minimum absolute atomic E-state index is 0.0654. The molecule has 3 rings (SSSR count). The number of rotatable bonds is 3. The Hall–Kier alpha value is -2.12. The van der Waals surface area contributed by atoms with Crippen LogP contribution < -0.4 is 11.1 Å². The van der Waals surface area contributed by atoms with Gasteiger partial charge in [-0.15, -0.1) is 0 Å². The molecule has 5 nitrogen and oxygen atoms in total. The van der Waals surface area contributed by atoms with Crippen LogP contribution in [-0.2, 0) is 5.54 Å². The first kappa shape index (κ1) is 17.7. The van der Waals surface area contributed by atoms with Crippen molar-refractivity contribution in [1.29, 1.82) is 0 Å². The topological polar surface area (TPSA) is 80.4 Å². The molecule has 1 aliphatic rings. The van der Waals surface area contributed by atoms with Crippen LogP contribution >= 0.6 is 23.4 Å². The molecule has 2 heterocycles. The summed E-state index contributed by atoms with van der Waals surface area (Å²) < 4.78 is 14.2. The van der Waals surface area contributed by atoms with Gasteiger partial charge in [0, 0.05) is 18.1 Å². The van der Waals surface area contributed by atoms with E-state index in [9.17, 15) is 9.18 Å². The molecule has 0 radical (unpaired) electrons. The van der Waals surface area contributed by atoms with Gasteiger partial charge < -0.3 is 11.1 Å². The van der Waals surface area contributed by atoms with E-state index in [0.717, 1.165) is 17.7 Å². The molecule has 0 fully saturated rings. The number of carbonyl (C=O) groups excluding carboxylic acids is 1. The molecule has 0 spiro atoms. The van der Waals surface area contributed by atoms with Gasteiger partial charge in [-0.2, -0.15) is 0 Å². The van der Waals surface area contributed by atoms with Crippen molar-refractivity contribution in [2.75, 3.05) is 11.1 Å². The van der Waals surface area contributed by atoms with Crippen LogP contribution in [0.3, 0.4) is 0 Å². The Labute approximate surface area is 153 Å². The number of benzene rings is 1. The summed E-state index contributed by atoms with van der Waals surface area (Å²) in [6.07, 6.45) is 3.58. The van der Waals surface area contributed by atoms with Crippen molar-refractivity contribution in [1.82, 2.24) is 4.98 Å². The lowest BCUT2D eigenvalue weighted by atomic mass is 9.89. The third-order valence-electron chi connectivity index (χ3n) is 4.04. The van der Waals surface area contributed by atoms with Gasteiger partial charge in [-0.1, -0.05) is 29.4 Å². The fourth-order valence-electron chi connectivity index (χ4n) is 2.58. The lowest BCUT2D eigenvalue weighted by Gasteiger charge is -2.30. The first-order valence-corrected chi connectivity index (χ1v) is 8.94. The Bertz CT molecular complexity index is 860. The van der Waals surface area contributed by atoms with Crippen molar-refractivity contribution in [3.63, 3.8) is 0 Å². The summed E-state index contributed by atoms with van der Waals surface area (Å²) in [6.45, 7) is 1.94. The fraction of sp³-hybridized carbons (Fsp3) is 0.235. The summed E-state index contributed by atoms with van der Waals surface area (Å²) in [7, 11) is 0. The zero-order valence-corrected chi connectivity index (χ0v) is 15.0. The first-order valence-electron chi connectivity index (χ1n) is 7.58. The van der Waals surface area contributed by atoms with Gasteiger partial charge in [0.1, 0.15) is 5.82 Å². The Kier molecular flexibility index (Phi) is 4.96. The van der Waals surface area contributed by atoms with Crippen LogP contribution in [0.2, 0.25) is 5.02 Å². The lowest BCUT2D eigenvalue weighted by molar-refractivity contribution is 0.102. The molecule has 0 saturated carbocycles. The van der Waals surface area contributed by atoms with E-state index >= 15 is 0 Å². The van der Waals surface area contributed by atoms with E-state index in [-0.39, 0.29) is 16.3 Å². The van der Waals surface area contributed by atoms with Gasteiger partial charge in [0.15, 0.2) is 5.17 Å². The van der Waals surface area contributed by atoms with Crippen molar-refractivity contribution >= 4 is 40.1 Å². The zero-order chi connectivity index (χ0) is 18.0. The van der Waals surface area contributed by atoms with Crippen LogP contribution in [0, 0.1) is 5.82 Å². The molecular formula is C17H16ClFN4OS. The Balaban J connectivity index is 1.91. The van der Waals surface area contributed by atoms with E-state index in [4.69, 9.17) is 17.3 Å². The van der Waals surface area contributed by atoms with Crippen LogP contribution in [0.4, 0.5) is 10.1 Å². The van der Waals surface area contributed by atoms with E-state index in [0.29, 0.717) is 5.17 Å². The van der Waals surface area contributed by atoms with Crippen molar-refractivity contribution in [2.24, 2.45) is 10.7 Å². The minimum atomic E-state index is -0.547. The highest BCUT2D eigenvalue weighted by atomic mass is 35.5. The number of halogens is 2. The predicted octanol–water partition coefficient (Wildman–Crippen LogP) is 3.79. The summed E-state index contributed by atoms with van der Waals surface area (Å²) in [5, 5.41) is 3.31. The van der Waals surface area contributed by atoms with Gasteiger partial charge in [-0.25, -0.2) is 4.39 Å². The van der Waals surface area contributed by atoms with Gasteiger partial charge in [0.2, 0.25) is 0 Å². The van der Waals surface area contributed by atoms with Crippen LogP contribution in [0.15, 0.2) is 41.7 Å². The number of nitrogens with one attached hydrogen (secondary N) is 1. The number of nitrogens with two attached hydrogens (primary N) is 1. The van der Waals surface area contributed by atoms with E-state index < -0.39 is 17.3 Å². The highest BCUT2D eigenvalue weighted by Crippen LogP contribution is 2.36. The molecule has 1 amide bonds. The monoisotopic (exact) mass is 378 g/mol. The van der Waals surface area contributed by atoms with Crippen LogP contribution in [-0.4, -0.2) is 21.8 Å². The number of carbonyl (C=O) groups is 1. The number of thioether (sulfide) groups is 1. The molecule has 0 bridgehead atoms. The standard InChI is InChI=1S/C17H16ClFN4OS/c1-17(5-7-25-16(20)23-17)10-2-3-13(19)14(8-10)22-15(24)11-9-21-6-4-12(11)18/h2-4,6,8-9H,5,7H2,1H3,(H2,20,23)(H,22,24). The van der Waals surface area contributed by atoms with Crippen LogP contribution in [0.5, 0.6) is 0 Å². The summed E-state index contributed by atoms with van der Waals surface area (Å²) in [4.78, 5) is 20.7. The predicted molar refractivity (Wildman–Crippen MR) is 99.6 cm³/mol. The Morgan fingerprint density at radius 2 is 2.24 bits per heavy atom. The number of aliphatic imine (C=N–C) groups is 1. The van der Waals surface area contributed by atoms with Gasteiger partial charge in [-0.05, 0) is 37.1 Å². The van der Waals surface area contributed by atoms with Gasteiger partial charge in [0.25, 0.3) is 5.91 Å². The number of amides is 1. The molecule has 2 aromatic rings. The number of aromatic nitrogens is 1. The highest BCUT2D eigenvalue weighted by molar-refractivity contribution is 8.13. The SMILES string of the molecule is CC1(c2ccc(F)c(NC(=O)c3cnccc3Cl)c2)CCSC(N)=N1. The first-order chi connectivity index (χ1) is 11.9. The number of anilines is 1. The molecule has 0 saturated heterocycles. The third kappa shape index (κ3) is 3.77. The second-order valence-corrected chi connectivity index (χ2v) is 7.35. The maximum absolute atomic E-state index is 14.2. The second-order valence-electron chi connectivity index (χ2n) is 5.83. The molecular weight excluding hydrogens is 363 g/mol. The van der Waals surface area contributed by atoms with Crippen LogP contribution in [0.1, 0.15) is 29.3 Å². The normalized spacial score (nSPS) is 20.0. The molecule has 25 heavy (non-hydrogen) atoms. The summed E-state index contributed by atoms with van der Waals surface area (Å²) in [5.41, 5.74) is 6.31. The second kappa shape index (κ2) is 7.01. The number of pyridine rings is 1. The van der Waals surface area contributed by atoms with E-state index in [1.165, 1.54) is 36.3 Å². The Morgan fingerprint density at radius 3 is 2.96 bits per heavy atom. The minimum Gasteiger partial charge on any atom is -0.379 e. The smallest absolute Gasteiger partial charge is 0.258 e. The number of amidine groups is 1. The molecule has 0 aliphatic carbocycles. The average Bonchev–Trinajstić information content (AvgIpc) is 2.57. The number of hydrogen-bond donors (Lipinski definition) is 2. The molecule has 3 N–H and O–H groups in total.